The van der Waals surface area contributed by atoms with Crippen LogP contribution < -0.4 is 15.8 Å². The van der Waals surface area contributed by atoms with Crippen molar-refractivity contribution in [1.29, 1.82) is 5.53 Å². The van der Waals surface area contributed by atoms with Gasteiger partial charge in [-0.05, 0) is 91.7 Å². The molecular formula is C31H39F3N6O3. The highest BCUT2D eigenvalue weighted by Gasteiger charge is 2.37. The predicted molar refractivity (Wildman–Crippen MR) is 157 cm³/mol. The third-order valence-electron chi connectivity index (χ3n) is 8.23. The third-order valence-corrected chi connectivity index (χ3v) is 8.23. The second-order valence-corrected chi connectivity index (χ2v) is 12.5. The van der Waals surface area contributed by atoms with Crippen LogP contribution in [0.1, 0.15) is 80.8 Å². The molecule has 12 heteroatoms. The molecule has 9 nitrogen and oxygen atoms in total. The van der Waals surface area contributed by atoms with Gasteiger partial charge in [-0.25, -0.2) is 10.3 Å². The monoisotopic (exact) mass is 600 g/mol. The largest absolute Gasteiger partial charge is 0.493 e. The van der Waals surface area contributed by atoms with Crippen molar-refractivity contribution in [2.24, 2.45) is 33.1 Å². The van der Waals surface area contributed by atoms with Gasteiger partial charge in [-0.15, -0.1) is 5.11 Å². The van der Waals surface area contributed by atoms with Gasteiger partial charge in [0.05, 0.1) is 17.9 Å². The van der Waals surface area contributed by atoms with Crippen LogP contribution in [0.15, 0.2) is 52.6 Å². The van der Waals surface area contributed by atoms with Gasteiger partial charge in [-0.3, -0.25) is 4.79 Å². The van der Waals surface area contributed by atoms with Crippen molar-refractivity contribution in [3.05, 3.63) is 59.2 Å². The molecule has 4 N–H and O–H groups in total. The van der Waals surface area contributed by atoms with Gasteiger partial charge in [0.2, 0.25) is 5.96 Å². The lowest BCUT2D eigenvalue weighted by Crippen LogP contribution is -2.45. The number of halogens is 3. The second kappa shape index (κ2) is 13.1. The van der Waals surface area contributed by atoms with E-state index in [1.54, 1.807) is 17.0 Å². The van der Waals surface area contributed by atoms with E-state index in [9.17, 15) is 22.8 Å². The SMILES string of the molecule is CC(C)(C)C1CCC(N(Cc2ccc(C(=O)N=C(N)N=N)cc2)C(=O)Nc2ccc(OCC3CC3)cc2C(F)(F)F)CC1. The Hall–Kier alpha value is -3.96. The van der Waals surface area contributed by atoms with Crippen LogP contribution in [0.2, 0.25) is 0 Å². The van der Waals surface area contributed by atoms with Gasteiger partial charge in [0.15, 0.2) is 0 Å². The minimum absolute atomic E-state index is 0.116. The number of rotatable bonds is 8. The maximum absolute atomic E-state index is 14.1. The number of alkyl halides is 3. The van der Waals surface area contributed by atoms with Crippen LogP contribution in [0, 0.1) is 22.8 Å². The molecular weight excluding hydrogens is 561 g/mol. The lowest BCUT2D eigenvalue weighted by molar-refractivity contribution is -0.137. The van der Waals surface area contributed by atoms with Crippen LogP contribution >= 0.6 is 0 Å². The lowest BCUT2D eigenvalue weighted by atomic mass is 9.71. The van der Waals surface area contributed by atoms with Crippen LogP contribution in [0.3, 0.4) is 0 Å². The lowest BCUT2D eigenvalue weighted by Gasteiger charge is -2.41. The van der Waals surface area contributed by atoms with Crippen LogP contribution in [-0.4, -0.2) is 35.4 Å². The Balaban J connectivity index is 1.56. The number of guanidine groups is 1. The average Bonchev–Trinajstić information content (AvgIpc) is 3.79. The second-order valence-electron chi connectivity index (χ2n) is 12.5. The average molecular weight is 601 g/mol. The summed E-state index contributed by atoms with van der Waals surface area (Å²) in [5.74, 6) is -0.163. The van der Waals surface area contributed by atoms with Crippen LogP contribution in [-0.2, 0) is 12.7 Å². The van der Waals surface area contributed by atoms with Gasteiger partial charge in [-0.2, -0.15) is 18.2 Å². The number of carbonyl (C=O) groups excluding carboxylic acids is 2. The molecule has 0 aromatic heterocycles. The minimum Gasteiger partial charge on any atom is -0.493 e. The molecule has 2 fully saturated rings. The number of amides is 3. The Morgan fingerprint density at radius 2 is 1.67 bits per heavy atom. The van der Waals surface area contributed by atoms with Gasteiger partial charge < -0.3 is 20.7 Å². The van der Waals surface area contributed by atoms with E-state index >= 15 is 0 Å². The molecule has 2 saturated carbocycles. The van der Waals surface area contributed by atoms with E-state index in [2.05, 4.69) is 36.2 Å². The number of anilines is 1. The molecule has 2 aromatic rings. The molecule has 0 unspecified atom stereocenters. The van der Waals surface area contributed by atoms with E-state index in [0.29, 0.717) is 24.0 Å². The third kappa shape index (κ3) is 8.77. The normalized spacial score (nSPS) is 19.4. The number of hydrogen-bond donors (Lipinski definition) is 3. The molecule has 3 amide bonds. The number of nitrogens with zero attached hydrogens (tertiary/aromatic N) is 3. The minimum atomic E-state index is -4.70. The van der Waals surface area contributed by atoms with Crippen molar-refractivity contribution in [2.45, 2.75) is 78.1 Å². The quantitative estimate of drug-likeness (QED) is 0.163. The highest BCUT2D eigenvalue weighted by molar-refractivity contribution is 6.02. The number of carbonyl (C=O) groups is 2. The first-order valence-corrected chi connectivity index (χ1v) is 14.5. The van der Waals surface area contributed by atoms with Crippen molar-refractivity contribution in [3.8, 4) is 5.75 Å². The van der Waals surface area contributed by atoms with E-state index < -0.39 is 29.6 Å². The number of nitrogens with two attached hydrogens (primary N) is 1. The number of benzene rings is 2. The van der Waals surface area contributed by atoms with Crippen molar-refractivity contribution in [2.75, 3.05) is 11.9 Å². The molecule has 2 aliphatic carbocycles. The number of hydrogen-bond acceptors (Lipinski definition) is 4. The molecule has 0 saturated heterocycles. The maximum Gasteiger partial charge on any atom is 0.418 e. The van der Waals surface area contributed by atoms with Crippen molar-refractivity contribution >= 4 is 23.6 Å². The summed E-state index contributed by atoms with van der Waals surface area (Å²) in [6.07, 6.45) is 0.556. The Morgan fingerprint density at radius 1 is 1.02 bits per heavy atom. The number of ether oxygens (including phenoxy) is 1. The summed E-state index contributed by atoms with van der Waals surface area (Å²) < 4.78 is 47.8. The van der Waals surface area contributed by atoms with Crippen LogP contribution in [0.4, 0.5) is 23.7 Å². The zero-order valence-corrected chi connectivity index (χ0v) is 24.7. The van der Waals surface area contributed by atoms with Gasteiger partial charge in [0.25, 0.3) is 5.91 Å². The summed E-state index contributed by atoms with van der Waals surface area (Å²) in [5, 5.41) is 5.45. The molecule has 4 rings (SSSR count). The highest BCUT2D eigenvalue weighted by Crippen LogP contribution is 2.41. The highest BCUT2D eigenvalue weighted by atomic mass is 19.4. The Bertz CT molecular complexity index is 1340. The number of nitrogens with one attached hydrogen (secondary N) is 2. The first-order valence-electron chi connectivity index (χ1n) is 14.5. The zero-order chi connectivity index (χ0) is 31.4. The van der Waals surface area contributed by atoms with Gasteiger partial charge >= 0.3 is 12.2 Å². The molecule has 0 bridgehead atoms. The smallest absolute Gasteiger partial charge is 0.418 e. The molecule has 0 radical (unpaired) electrons. The number of aliphatic imine (C=N–C) groups is 1. The molecule has 0 heterocycles. The molecule has 43 heavy (non-hydrogen) atoms. The molecule has 0 atom stereocenters. The van der Waals surface area contributed by atoms with Gasteiger partial charge in [0.1, 0.15) is 5.75 Å². The van der Waals surface area contributed by atoms with Gasteiger partial charge in [0, 0.05) is 18.2 Å². The Labute approximate surface area is 249 Å². The molecule has 0 aliphatic heterocycles. The fraction of sp³-hybridized carbons (Fsp3) is 0.516. The first-order chi connectivity index (χ1) is 20.2. The van der Waals surface area contributed by atoms with Crippen molar-refractivity contribution in [1.82, 2.24) is 4.90 Å². The molecule has 0 spiro atoms. The van der Waals surface area contributed by atoms with Crippen molar-refractivity contribution in [3.63, 3.8) is 0 Å². The standard InChI is InChI=1S/C31H39F3N6O3/c1-30(2,3)22-10-12-23(13-11-22)40(17-19-6-8-21(9-7-19)27(41)38-28(35)39-36)29(42)37-26-15-14-24(43-18-20-4-5-20)16-25(26)31(32,33)34/h6-9,14-16,20,22-23,36H,4-5,10-13,17-18H2,1-3H3,(H,37,42)(H2,35,38,41). The Morgan fingerprint density at radius 3 is 2.23 bits per heavy atom. The summed E-state index contributed by atoms with van der Waals surface area (Å²) >= 11 is 0. The fourth-order valence-corrected chi connectivity index (χ4v) is 5.41. The predicted octanol–water partition coefficient (Wildman–Crippen LogP) is 7.62. The van der Waals surface area contributed by atoms with Crippen LogP contribution in [0.5, 0.6) is 5.75 Å². The molecule has 2 aliphatic rings. The summed E-state index contributed by atoms with van der Waals surface area (Å²) in [4.78, 5) is 31.1. The molecule has 2 aromatic carbocycles. The van der Waals surface area contributed by atoms with Gasteiger partial charge in [-0.1, -0.05) is 32.9 Å². The first kappa shape index (κ1) is 32.0. The van der Waals surface area contributed by atoms with E-state index in [1.807, 2.05) is 0 Å². The summed E-state index contributed by atoms with van der Waals surface area (Å²) in [6, 6.07) is 9.18. The summed E-state index contributed by atoms with van der Waals surface area (Å²) in [5.41, 5.74) is 11.9. The topological polar surface area (TPSA) is 133 Å². The summed E-state index contributed by atoms with van der Waals surface area (Å²) in [7, 11) is 0. The van der Waals surface area contributed by atoms with Crippen molar-refractivity contribution < 1.29 is 27.5 Å². The van der Waals surface area contributed by atoms with E-state index in [-0.39, 0.29) is 35.0 Å². The van der Waals surface area contributed by atoms with E-state index in [4.69, 9.17) is 16.0 Å². The molecule has 232 valence electrons. The summed E-state index contributed by atoms with van der Waals surface area (Å²) in [6.45, 7) is 7.08. The fourth-order valence-electron chi connectivity index (χ4n) is 5.41. The Kier molecular flexibility index (Phi) is 9.76. The maximum atomic E-state index is 14.1. The number of urea groups is 1. The van der Waals surface area contributed by atoms with Crippen LogP contribution in [0.25, 0.3) is 0 Å². The van der Waals surface area contributed by atoms with E-state index in [1.165, 1.54) is 24.3 Å². The zero-order valence-electron chi connectivity index (χ0n) is 24.7. The van der Waals surface area contributed by atoms with E-state index in [0.717, 1.165) is 44.6 Å².